The van der Waals surface area contributed by atoms with E-state index in [2.05, 4.69) is 20.9 Å². The Morgan fingerprint density at radius 2 is 1.72 bits per heavy atom. The summed E-state index contributed by atoms with van der Waals surface area (Å²) in [4.78, 5) is 73.3. The van der Waals surface area contributed by atoms with Crippen LogP contribution in [0.15, 0.2) is 95.7 Å². The van der Waals surface area contributed by atoms with Crippen molar-refractivity contribution in [3.05, 3.63) is 118 Å². The predicted octanol–water partition coefficient (Wildman–Crippen LogP) is 8.62. The van der Waals surface area contributed by atoms with Crippen molar-refractivity contribution in [1.29, 1.82) is 0 Å². The number of thioether (sulfide) groups is 1. The summed E-state index contributed by atoms with van der Waals surface area (Å²) >= 11 is 2.57. The number of hydrogen-bond acceptors (Lipinski definition) is 9. The number of hydrogen-bond donors (Lipinski definition) is 4. The summed E-state index contributed by atoms with van der Waals surface area (Å²) in [6.07, 6.45) is 3.84. The van der Waals surface area contributed by atoms with Gasteiger partial charge in [0.2, 0.25) is 5.91 Å². The predicted molar refractivity (Wildman–Crippen MR) is 224 cm³/mol. The standard InChI is InChI=1S/C43H45N5O7S2/c1-6-34(39(51)47-40-36(41(52)54-7-2)31-20-21-48(25-35(31)57-40)42(53)55-43(3,4)5)56-29-17-13-16-28(23-29)45-38(50)33(46-37(49)26-14-9-8-10-15-26)22-27-24-44-32-19-12-11-18-30(27)32/h8-19,22-24,34,44H,6-7,20-21,25H2,1-5H3,(H,45,50)(H,46,49)(H,47,51)/b33-22-. The van der Waals surface area contributed by atoms with Crippen molar-refractivity contribution < 1.29 is 33.4 Å². The van der Waals surface area contributed by atoms with Crippen molar-refractivity contribution in [2.75, 3.05) is 23.8 Å². The van der Waals surface area contributed by atoms with E-state index in [1.165, 1.54) is 23.1 Å². The Balaban J connectivity index is 1.19. The van der Waals surface area contributed by atoms with Crippen molar-refractivity contribution in [2.45, 2.75) is 69.8 Å². The summed E-state index contributed by atoms with van der Waals surface area (Å²) in [6, 6.07) is 23.4. The highest BCUT2D eigenvalue weighted by Crippen LogP contribution is 2.39. The van der Waals surface area contributed by atoms with E-state index < -0.39 is 34.7 Å². The normalized spacial score (nSPS) is 13.4. The lowest BCUT2D eigenvalue weighted by Crippen LogP contribution is -2.39. The van der Waals surface area contributed by atoms with Crippen LogP contribution in [0.4, 0.5) is 15.5 Å². The minimum atomic E-state index is -0.654. The van der Waals surface area contributed by atoms with Crippen LogP contribution in [0.5, 0.6) is 0 Å². The molecule has 0 spiro atoms. The van der Waals surface area contributed by atoms with Gasteiger partial charge in [0.15, 0.2) is 0 Å². The number of nitrogens with one attached hydrogen (secondary N) is 4. The van der Waals surface area contributed by atoms with Gasteiger partial charge in [-0.05, 0) is 88.6 Å². The fourth-order valence-electron chi connectivity index (χ4n) is 6.23. The monoisotopic (exact) mass is 807 g/mol. The highest BCUT2D eigenvalue weighted by atomic mass is 32.2. The topological polar surface area (TPSA) is 159 Å². The first-order chi connectivity index (χ1) is 27.3. The van der Waals surface area contributed by atoms with Crippen LogP contribution in [0.25, 0.3) is 17.0 Å². The lowest BCUT2D eigenvalue weighted by molar-refractivity contribution is -0.116. The summed E-state index contributed by atoms with van der Waals surface area (Å²) in [5, 5.41) is 9.39. The van der Waals surface area contributed by atoms with Crippen molar-refractivity contribution in [3.8, 4) is 0 Å². The highest BCUT2D eigenvalue weighted by Gasteiger charge is 2.33. The molecule has 0 aliphatic carbocycles. The second-order valence-electron chi connectivity index (χ2n) is 14.2. The second-order valence-corrected chi connectivity index (χ2v) is 16.6. The van der Waals surface area contributed by atoms with Crippen LogP contribution in [-0.2, 0) is 32.0 Å². The van der Waals surface area contributed by atoms with Crippen LogP contribution in [0.3, 0.4) is 0 Å². The number of fused-ring (bicyclic) bond motifs is 2. The number of H-pyrrole nitrogens is 1. The molecule has 296 valence electrons. The third kappa shape index (κ3) is 10.1. The molecule has 1 atom stereocenters. The maximum atomic E-state index is 13.9. The Hall–Kier alpha value is -5.86. The number of ether oxygens (including phenoxy) is 2. The fraction of sp³-hybridized carbons (Fsp3) is 0.279. The van der Waals surface area contributed by atoms with Gasteiger partial charge < -0.3 is 35.3 Å². The summed E-state index contributed by atoms with van der Waals surface area (Å²) in [5.41, 5.74) is 2.94. The summed E-state index contributed by atoms with van der Waals surface area (Å²) in [5.74, 6) is -1.80. The number of thiophene rings is 1. The Kier molecular flexibility index (Phi) is 12.8. The number of benzene rings is 3. The number of anilines is 2. The number of nitrogens with zero attached hydrogens (tertiary/aromatic N) is 1. The van der Waals surface area contributed by atoms with Crippen molar-refractivity contribution >= 4 is 80.6 Å². The molecule has 0 saturated carbocycles. The Morgan fingerprint density at radius 3 is 2.46 bits per heavy atom. The van der Waals surface area contributed by atoms with E-state index in [-0.39, 0.29) is 24.8 Å². The van der Waals surface area contributed by atoms with E-state index in [1.54, 1.807) is 66.6 Å². The van der Waals surface area contributed by atoms with Crippen LogP contribution >= 0.6 is 23.1 Å². The number of carbonyl (C=O) groups excluding carboxylic acids is 5. The third-order valence-corrected chi connectivity index (χ3v) is 11.4. The first-order valence-electron chi connectivity index (χ1n) is 18.7. The maximum Gasteiger partial charge on any atom is 0.410 e. The van der Waals surface area contributed by atoms with Gasteiger partial charge in [-0.3, -0.25) is 14.4 Å². The lowest BCUT2D eigenvalue weighted by atomic mass is 10.0. The zero-order valence-corrected chi connectivity index (χ0v) is 34.0. The van der Waals surface area contributed by atoms with E-state index in [0.717, 1.165) is 31.8 Å². The van der Waals surface area contributed by atoms with Crippen molar-refractivity contribution in [3.63, 3.8) is 0 Å². The number of carbonyl (C=O) groups is 5. The molecule has 0 bridgehead atoms. The molecule has 0 saturated heterocycles. The molecular formula is C43H45N5O7S2. The van der Waals surface area contributed by atoms with Crippen LogP contribution in [0.1, 0.15) is 77.8 Å². The maximum absolute atomic E-state index is 13.9. The van der Waals surface area contributed by atoms with Gasteiger partial charge in [-0.15, -0.1) is 23.1 Å². The number of amides is 4. The first-order valence-corrected chi connectivity index (χ1v) is 20.4. The molecule has 3 heterocycles. The fourth-order valence-corrected chi connectivity index (χ4v) is 8.50. The Labute approximate surface area is 339 Å². The number of aromatic nitrogens is 1. The van der Waals surface area contributed by atoms with E-state index in [1.807, 2.05) is 64.1 Å². The average Bonchev–Trinajstić information content (AvgIpc) is 3.76. The summed E-state index contributed by atoms with van der Waals surface area (Å²) < 4.78 is 11.0. The third-order valence-electron chi connectivity index (χ3n) is 8.91. The van der Waals surface area contributed by atoms with Gasteiger partial charge in [0, 0.05) is 50.2 Å². The van der Waals surface area contributed by atoms with Gasteiger partial charge in [0.25, 0.3) is 11.8 Å². The molecule has 5 aromatic rings. The number of rotatable bonds is 12. The molecule has 6 rings (SSSR count). The van der Waals surface area contributed by atoms with Crippen LogP contribution in [0.2, 0.25) is 0 Å². The van der Waals surface area contributed by atoms with Crippen LogP contribution < -0.4 is 16.0 Å². The zero-order valence-electron chi connectivity index (χ0n) is 32.4. The number of esters is 1. The van der Waals surface area contributed by atoms with Gasteiger partial charge in [0.05, 0.1) is 24.0 Å². The molecular weight excluding hydrogens is 763 g/mol. The molecule has 57 heavy (non-hydrogen) atoms. The number of aromatic amines is 1. The van der Waals surface area contributed by atoms with Crippen LogP contribution in [0, 0.1) is 0 Å². The van der Waals surface area contributed by atoms with E-state index >= 15 is 0 Å². The molecule has 14 heteroatoms. The van der Waals surface area contributed by atoms with Crippen molar-refractivity contribution in [2.24, 2.45) is 0 Å². The Morgan fingerprint density at radius 1 is 0.965 bits per heavy atom. The minimum Gasteiger partial charge on any atom is -0.462 e. The van der Waals surface area contributed by atoms with Crippen molar-refractivity contribution in [1.82, 2.24) is 15.2 Å². The van der Waals surface area contributed by atoms with E-state index in [0.29, 0.717) is 41.2 Å². The molecule has 0 radical (unpaired) electrons. The smallest absolute Gasteiger partial charge is 0.410 e. The molecule has 2 aromatic heterocycles. The molecule has 0 fully saturated rings. The van der Waals surface area contributed by atoms with Gasteiger partial charge >= 0.3 is 12.1 Å². The summed E-state index contributed by atoms with van der Waals surface area (Å²) in [7, 11) is 0. The summed E-state index contributed by atoms with van der Waals surface area (Å²) in [6.45, 7) is 9.81. The highest BCUT2D eigenvalue weighted by molar-refractivity contribution is 8.00. The second kappa shape index (κ2) is 17.9. The molecule has 4 amide bonds. The molecule has 1 aliphatic rings. The largest absolute Gasteiger partial charge is 0.462 e. The average molecular weight is 808 g/mol. The first kappa shape index (κ1) is 40.8. The molecule has 1 aliphatic heterocycles. The van der Waals surface area contributed by atoms with Gasteiger partial charge in [-0.2, -0.15) is 0 Å². The zero-order chi connectivity index (χ0) is 40.7. The van der Waals surface area contributed by atoms with Gasteiger partial charge in [-0.1, -0.05) is 49.4 Å². The van der Waals surface area contributed by atoms with Crippen LogP contribution in [-0.4, -0.2) is 63.7 Å². The Bertz CT molecular complexity index is 2330. The molecule has 12 nitrogen and oxygen atoms in total. The molecule has 4 N–H and O–H groups in total. The van der Waals surface area contributed by atoms with Gasteiger partial charge in [0.1, 0.15) is 16.3 Å². The minimum absolute atomic E-state index is 0.0442. The quantitative estimate of drug-likeness (QED) is 0.0554. The molecule has 1 unspecified atom stereocenters. The molecule has 3 aromatic carbocycles. The lowest BCUT2D eigenvalue weighted by Gasteiger charge is -2.30. The number of para-hydroxylation sites is 1. The van der Waals surface area contributed by atoms with Gasteiger partial charge in [-0.25, -0.2) is 9.59 Å². The SMILES string of the molecule is CCOC(=O)c1c(NC(=O)C(CC)Sc2cccc(NC(=O)/C(=C/c3c[nH]c4ccccc34)NC(=O)c3ccccc3)c2)sc2c1CCN(C(=O)OC(C)(C)C)C2. The van der Waals surface area contributed by atoms with E-state index in [9.17, 15) is 24.0 Å². The van der Waals surface area contributed by atoms with E-state index in [4.69, 9.17) is 9.47 Å².